The first-order chi connectivity index (χ1) is 20.3. The van der Waals surface area contributed by atoms with Gasteiger partial charge < -0.3 is 19.5 Å². The molecule has 2 aliphatic rings. The van der Waals surface area contributed by atoms with Gasteiger partial charge in [0.05, 0.1) is 29.4 Å². The summed E-state index contributed by atoms with van der Waals surface area (Å²) in [6, 6.07) is 7.76. The maximum Gasteiger partial charge on any atom is 0.249 e. The van der Waals surface area contributed by atoms with Gasteiger partial charge >= 0.3 is 0 Å². The summed E-state index contributed by atoms with van der Waals surface area (Å²) < 4.78 is 46.0. The van der Waals surface area contributed by atoms with Gasteiger partial charge in [-0.1, -0.05) is 30.7 Å². The van der Waals surface area contributed by atoms with Gasteiger partial charge in [-0.25, -0.2) is 17.8 Å². The van der Waals surface area contributed by atoms with Gasteiger partial charge in [-0.15, -0.1) is 10.2 Å². The van der Waals surface area contributed by atoms with E-state index in [4.69, 9.17) is 16.0 Å². The molecule has 11 nitrogen and oxygen atoms in total. The largest absolute Gasteiger partial charge is 0.419 e. The van der Waals surface area contributed by atoms with E-state index in [0.29, 0.717) is 35.7 Å². The quantitative estimate of drug-likeness (QED) is 0.352. The molecule has 4 atom stereocenters. The van der Waals surface area contributed by atoms with Crippen LogP contribution in [0.1, 0.15) is 49.6 Å². The van der Waals surface area contributed by atoms with E-state index >= 15 is 0 Å². The van der Waals surface area contributed by atoms with E-state index in [1.165, 1.54) is 24.1 Å². The van der Waals surface area contributed by atoms with Gasteiger partial charge in [0.15, 0.2) is 5.82 Å². The van der Waals surface area contributed by atoms with E-state index in [9.17, 15) is 17.6 Å². The molecule has 1 amide bonds. The Balaban J connectivity index is 1.56. The standard InChI is InChI=1S/C29H37ClFN7O4S/c1-17-13-19(17)15-38(16-24(39)36(2)3)23-14-22(25(30)27(33-23)37(4)43(5,40)41)28-34-35-29(42-28)26-21(7-6-12-32-26)18-8-10-20(31)11-9-18/h8-11,14,17,19,21,26,32H,6-7,12-13,15-16H2,1-5H3/t17?,19-,21+,26+/m1/s1. The Morgan fingerprint density at radius 1 is 1.19 bits per heavy atom. The first-order valence-corrected chi connectivity index (χ1v) is 16.5. The number of pyridine rings is 1. The molecule has 2 aromatic heterocycles. The highest BCUT2D eigenvalue weighted by atomic mass is 35.5. The number of likely N-dealkylation sites (N-methyl/N-ethyl adjacent to an activating group) is 1. The van der Waals surface area contributed by atoms with Crippen LogP contribution in [-0.2, 0) is 14.8 Å². The maximum atomic E-state index is 13.6. The molecular formula is C29H37ClFN7O4S. The van der Waals surface area contributed by atoms with Crippen LogP contribution in [0.5, 0.6) is 0 Å². The van der Waals surface area contributed by atoms with Crippen molar-refractivity contribution in [3.05, 3.63) is 52.6 Å². The molecule has 1 N–H and O–H groups in total. The van der Waals surface area contributed by atoms with Crippen LogP contribution in [0.4, 0.5) is 16.0 Å². The molecule has 3 heterocycles. The van der Waals surface area contributed by atoms with Gasteiger partial charge in [0, 0.05) is 33.6 Å². The monoisotopic (exact) mass is 633 g/mol. The summed E-state index contributed by atoms with van der Waals surface area (Å²) in [6.45, 7) is 3.51. The van der Waals surface area contributed by atoms with E-state index in [-0.39, 0.29) is 47.0 Å². The topological polar surface area (TPSA) is 125 Å². The third kappa shape index (κ3) is 6.94. The van der Waals surface area contributed by atoms with Crippen molar-refractivity contribution in [2.45, 2.75) is 38.1 Å². The normalized spacial score (nSPS) is 21.8. The summed E-state index contributed by atoms with van der Waals surface area (Å²) >= 11 is 6.81. The van der Waals surface area contributed by atoms with Crippen molar-refractivity contribution in [2.24, 2.45) is 11.8 Å². The lowest BCUT2D eigenvalue weighted by atomic mass is 9.84. The zero-order valence-electron chi connectivity index (χ0n) is 24.9. The SMILES string of the molecule is CC1C[C@@H]1CN(CC(=O)N(C)C)c1cc(-c2nnc([C@H]3NCCC[C@H]3c3ccc(F)cc3)o2)c(Cl)c(N(C)S(C)(=O)=O)n1. The molecular weight excluding hydrogens is 597 g/mol. The van der Waals surface area contributed by atoms with Crippen LogP contribution in [0.15, 0.2) is 34.7 Å². The van der Waals surface area contributed by atoms with Crippen molar-refractivity contribution < 1.29 is 22.0 Å². The zero-order chi connectivity index (χ0) is 31.1. The molecule has 1 aliphatic carbocycles. The number of halogens is 2. The molecule has 1 saturated carbocycles. The fourth-order valence-corrected chi connectivity index (χ4v) is 6.15. The predicted molar refractivity (Wildman–Crippen MR) is 163 cm³/mol. The maximum absolute atomic E-state index is 13.6. The Kier molecular flexibility index (Phi) is 8.96. The summed E-state index contributed by atoms with van der Waals surface area (Å²) in [5.74, 6) is 1.23. The lowest BCUT2D eigenvalue weighted by Crippen LogP contribution is -2.38. The van der Waals surface area contributed by atoms with E-state index < -0.39 is 10.0 Å². The molecule has 0 spiro atoms. The van der Waals surface area contributed by atoms with Gasteiger partial charge in [-0.05, 0) is 61.4 Å². The van der Waals surface area contributed by atoms with E-state index in [1.54, 1.807) is 32.3 Å². The van der Waals surface area contributed by atoms with E-state index in [1.807, 2.05) is 4.90 Å². The average molecular weight is 634 g/mol. The van der Waals surface area contributed by atoms with Gasteiger partial charge in [-0.3, -0.25) is 9.10 Å². The van der Waals surface area contributed by atoms with E-state index in [2.05, 4.69) is 27.4 Å². The fourth-order valence-electron chi connectivity index (χ4n) is 5.35. The number of anilines is 2. The number of sulfonamides is 1. The number of aromatic nitrogens is 3. The predicted octanol–water partition coefficient (Wildman–Crippen LogP) is 4.08. The Morgan fingerprint density at radius 3 is 2.51 bits per heavy atom. The summed E-state index contributed by atoms with van der Waals surface area (Å²) in [5, 5.41) is 12.1. The van der Waals surface area contributed by atoms with Gasteiger partial charge in [-0.2, -0.15) is 0 Å². The number of hydrogen-bond acceptors (Lipinski definition) is 9. The molecule has 0 radical (unpaired) electrons. The molecule has 3 aromatic rings. The third-order valence-corrected chi connectivity index (χ3v) is 9.84. The summed E-state index contributed by atoms with van der Waals surface area (Å²) in [4.78, 5) is 20.8. The molecule has 232 valence electrons. The number of benzene rings is 1. The minimum atomic E-state index is -3.74. The minimum Gasteiger partial charge on any atom is -0.419 e. The summed E-state index contributed by atoms with van der Waals surface area (Å²) in [7, 11) is 0.995. The molecule has 1 unspecified atom stereocenters. The van der Waals surface area contributed by atoms with Crippen LogP contribution in [0.2, 0.25) is 5.02 Å². The Hall–Kier alpha value is -3.29. The fraction of sp³-hybridized carbons (Fsp3) is 0.517. The number of piperidine rings is 1. The smallest absolute Gasteiger partial charge is 0.249 e. The Bertz CT molecular complexity index is 1580. The highest BCUT2D eigenvalue weighted by Crippen LogP contribution is 2.42. The highest BCUT2D eigenvalue weighted by molar-refractivity contribution is 7.92. The van der Waals surface area contributed by atoms with Crippen molar-refractivity contribution >= 4 is 39.2 Å². The highest BCUT2D eigenvalue weighted by Gasteiger charge is 2.36. The van der Waals surface area contributed by atoms with Gasteiger partial charge in [0.2, 0.25) is 27.7 Å². The van der Waals surface area contributed by atoms with Gasteiger partial charge in [0.25, 0.3) is 0 Å². The van der Waals surface area contributed by atoms with Crippen LogP contribution in [-0.4, -0.2) is 81.4 Å². The lowest BCUT2D eigenvalue weighted by molar-refractivity contribution is -0.127. The second-order valence-electron chi connectivity index (χ2n) is 11.7. The first kappa shape index (κ1) is 31.1. The minimum absolute atomic E-state index is 0.0115. The number of carbonyl (C=O) groups is 1. The van der Waals surface area contributed by atoms with Crippen LogP contribution in [0.25, 0.3) is 11.5 Å². The Morgan fingerprint density at radius 2 is 1.88 bits per heavy atom. The molecule has 1 aromatic carbocycles. The summed E-state index contributed by atoms with van der Waals surface area (Å²) in [6.07, 6.45) is 3.87. The number of hydrogen-bond donors (Lipinski definition) is 1. The molecule has 2 fully saturated rings. The van der Waals surface area contributed by atoms with Crippen molar-refractivity contribution in [2.75, 3.05) is 56.2 Å². The van der Waals surface area contributed by atoms with Crippen molar-refractivity contribution in [3.8, 4) is 11.5 Å². The molecule has 0 bridgehead atoms. The number of carbonyl (C=O) groups excluding carboxylic acids is 1. The Labute approximate surface area is 256 Å². The molecule has 14 heteroatoms. The van der Waals surface area contributed by atoms with E-state index in [0.717, 1.165) is 41.9 Å². The first-order valence-electron chi connectivity index (χ1n) is 14.3. The van der Waals surface area contributed by atoms with Crippen LogP contribution < -0.4 is 14.5 Å². The van der Waals surface area contributed by atoms with Crippen molar-refractivity contribution in [1.82, 2.24) is 25.4 Å². The van der Waals surface area contributed by atoms with Crippen LogP contribution in [0.3, 0.4) is 0 Å². The van der Waals surface area contributed by atoms with Crippen LogP contribution >= 0.6 is 11.6 Å². The van der Waals surface area contributed by atoms with Crippen molar-refractivity contribution in [1.29, 1.82) is 0 Å². The number of rotatable bonds is 10. The average Bonchev–Trinajstić information content (AvgIpc) is 3.44. The summed E-state index contributed by atoms with van der Waals surface area (Å²) in [5.41, 5.74) is 1.26. The number of nitrogens with zero attached hydrogens (tertiary/aromatic N) is 6. The zero-order valence-corrected chi connectivity index (χ0v) is 26.5. The van der Waals surface area contributed by atoms with Gasteiger partial charge in [0.1, 0.15) is 11.6 Å². The number of nitrogens with one attached hydrogen (secondary N) is 1. The molecule has 1 saturated heterocycles. The molecule has 43 heavy (non-hydrogen) atoms. The van der Waals surface area contributed by atoms with Crippen LogP contribution in [0, 0.1) is 17.7 Å². The lowest BCUT2D eigenvalue weighted by Gasteiger charge is -2.30. The second-order valence-corrected chi connectivity index (χ2v) is 14.1. The number of amides is 1. The molecule has 5 rings (SSSR count). The van der Waals surface area contributed by atoms with Crippen molar-refractivity contribution in [3.63, 3.8) is 0 Å². The molecule has 1 aliphatic heterocycles. The third-order valence-electron chi connectivity index (χ3n) is 8.30. The second kappa shape index (κ2) is 12.4.